The molecule has 1 fully saturated rings. The SMILES string of the molecule is CCCOc1ccc(/C([O-])=C2\C(=O)C(=O)N(CCC[n+]3cc[nH]c3)C2c2ccc(Cl)c(Cl)c2)cc1. The smallest absolute Gasteiger partial charge is 0.295 e. The molecule has 1 N–H and O–H groups in total. The molecule has 2 aromatic carbocycles. The zero-order chi connectivity index (χ0) is 24.9. The van der Waals surface area contributed by atoms with Crippen molar-refractivity contribution in [3.8, 4) is 5.75 Å². The van der Waals surface area contributed by atoms with E-state index in [9.17, 15) is 14.7 Å². The van der Waals surface area contributed by atoms with E-state index in [0.717, 1.165) is 6.42 Å². The molecule has 182 valence electrons. The minimum atomic E-state index is -0.857. The number of imidazole rings is 1. The first kappa shape index (κ1) is 24.8. The van der Waals surface area contributed by atoms with Crippen LogP contribution in [0, 0.1) is 0 Å². The molecule has 1 amide bonds. The number of aromatic nitrogens is 2. The molecule has 1 saturated heterocycles. The first-order valence-corrected chi connectivity index (χ1v) is 12.1. The van der Waals surface area contributed by atoms with Crippen molar-refractivity contribution in [2.75, 3.05) is 13.2 Å². The molecular weight excluding hydrogens is 489 g/mol. The van der Waals surface area contributed by atoms with Crippen LogP contribution >= 0.6 is 23.2 Å². The van der Waals surface area contributed by atoms with Crippen molar-refractivity contribution in [3.05, 3.63) is 87.9 Å². The van der Waals surface area contributed by atoms with E-state index in [1.54, 1.807) is 48.7 Å². The Morgan fingerprint density at radius 3 is 2.57 bits per heavy atom. The Kier molecular flexibility index (Phi) is 7.78. The third-order valence-electron chi connectivity index (χ3n) is 5.80. The number of likely N-dealkylation sites (tertiary alicyclic amines) is 1. The predicted molar refractivity (Wildman–Crippen MR) is 131 cm³/mol. The van der Waals surface area contributed by atoms with Gasteiger partial charge in [0.2, 0.25) is 12.1 Å². The summed E-state index contributed by atoms with van der Waals surface area (Å²) in [7, 11) is 0. The van der Waals surface area contributed by atoms with Crippen molar-refractivity contribution in [2.45, 2.75) is 32.4 Å². The van der Waals surface area contributed by atoms with Gasteiger partial charge in [-0.2, -0.15) is 0 Å². The van der Waals surface area contributed by atoms with Crippen molar-refractivity contribution in [2.24, 2.45) is 0 Å². The van der Waals surface area contributed by atoms with Gasteiger partial charge in [0.05, 0.1) is 29.2 Å². The highest BCUT2D eigenvalue weighted by Gasteiger charge is 2.44. The van der Waals surface area contributed by atoms with E-state index in [4.69, 9.17) is 27.9 Å². The number of amides is 1. The fraction of sp³-hybridized carbons (Fsp3) is 0.269. The lowest BCUT2D eigenvalue weighted by molar-refractivity contribution is -0.695. The summed E-state index contributed by atoms with van der Waals surface area (Å²) in [6.45, 7) is 3.49. The summed E-state index contributed by atoms with van der Waals surface area (Å²) < 4.78 is 7.52. The van der Waals surface area contributed by atoms with Crippen LogP contribution < -0.4 is 14.4 Å². The van der Waals surface area contributed by atoms with Crippen LogP contribution in [0.25, 0.3) is 5.76 Å². The van der Waals surface area contributed by atoms with Crippen molar-refractivity contribution in [3.63, 3.8) is 0 Å². The average Bonchev–Trinajstić information content (AvgIpc) is 3.47. The van der Waals surface area contributed by atoms with Crippen molar-refractivity contribution in [1.29, 1.82) is 0 Å². The van der Waals surface area contributed by atoms with Crippen LogP contribution in [0.4, 0.5) is 0 Å². The maximum atomic E-state index is 13.5. The summed E-state index contributed by atoms with van der Waals surface area (Å²) >= 11 is 12.3. The van der Waals surface area contributed by atoms with E-state index in [-0.39, 0.29) is 17.1 Å². The number of aryl methyl sites for hydroxylation is 1. The van der Waals surface area contributed by atoms with Gasteiger partial charge in [-0.15, -0.1) is 0 Å². The standard InChI is InChI=1S/C26H25Cl2N3O4/c1-2-14-35-19-7-4-17(5-8-19)24(32)22-23(18-6-9-20(27)21(28)15-18)31(26(34)25(22)33)12-3-11-30-13-10-29-16-30/h4-10,13,15-16,23H,2-3,11-12,14H2,1H3,(H,32,33). The normalized spacial score (nSPS) is 17.2. The van der Waals surface area contributed by atoms with Crippen LogP contribution in [0.3, 0.4) is 0 Å². The third kappa shape index (κ3) is 5.36. The number of carbonyl (C=O) groups is 2. The van der Waals surface area contributed by atoms with Crippen LogP contribution in [-0.4, -0.2) is 34.7 Å². The number of nitrogens with zero attached hydrogens (tertiary/aromatic N) is 2. The second-order valence-corrected chi connectivity index (χ2v) is 9.04. The molecule has 3 aromatic rings. The number of ketones is 1. The Bertz CT molecular complexity index is 1240. The maximum Gasteiger partial charge on any atom is 0.295 e. The van der Waals surface area contributed by atoms with Gasteiger partial charge >= 0.3 is 0 Å². The fourth-order valence-electron chi connectivity index (χ4n) is 4.09. The number of ether oxygens (including phenoxy) is 1. The summed E-state index contributed by atoms with van der Waals surface area (Å²) in [6.07, 6.45) is 6.93. The van der Waals surface area contributed by atoms with Crippen LogP contribution in [-0.2, 0) is 16.1 Å². The summed E-state index contributed by atoms with van der Waals surface area (Å²) in [4.78, 5) is 30.6. The van der Waals surface area contributed by atoms with E-state index in [2.05, 4.69) is 4.98 Å². The van der Waals surface area contributed by atoms with Crippen LogP contribution in [0.1, 0.15) is 36.9 Å². The molecular formula is C26H25Cl2N3O4. The number of carbonyl (C=O) groups excluding carboxylic acids is 2. The average molecular weight is 514 g/mol. The molecule has 1 atom stereocenters. The lowest BCUT2D eigenvalue weighted by Crippen LogP contribution is -2.36. The van der Waals surface area contributed by atoms with Crippen molar-refractivity contribution >= 4 is 40.7 Å². The van der Waals surface area contributed by atoms with E-state index in [1.165, 1.54) is 4.90 Å². The van der Waals surface area contributed by atoms with E-state index < -0.39 is 23.5 Å². The van der Waals surface area contributed by atoms with Crippen molar-refractivity contribution < 1.29 is 24.0 Å². The van der Waals surface area contributed by atoms with Gasteiger partial charge in [0.1, 0.15) is 18.1 Å². The molecule has 2 heterocycles. The molecule has 4 rings (SSSR count). The molecule has 0 saturated carbocycles. The lowest BCUT2D eigenvalue weighted by atomic mass is 9.95. The summed E-state index contributed by atoms with van der Waals surface area (Å²) in [5, 5.41) is 14.2. The first-order valence-electron chi connectivity index (χ1n) is 11.4. The number of nitrogens with one attached hydrogen (secondary N) is 1. The van der Waals surface area contributed by atoms with Gasteiger partial charge in [0.25, 0.3) is 5.91 Å². The number of rotatable bonds is 9. The maximum absolute atomic E-state index is 13.5. The topological polar surface area (TPSA) is 89.3 Å². The van der Waals surface area contributed by atoms with Gasteiger partial charge in [-0.05, 0) is 41.8 Å². The second-order valence-electron chi connectivity index (χ2n) is 8.22. The Hall–Kier alpha value is -3.29. The highest BCUT2D eigenvalue weighted by molar-refractivity contribution is 6.46. The Labute approximate surface area is 213 Å². The molecule has 1 aromatic heterocycles. The van der Waals surface area contributed by atoms with Crippen LogP contribution in [0.5, 0.6) is 5.75 Å². The monoisotopic (exact) mass is 513 g/mol. The summed E-state index contributed by atoms with van der Waals surface area (Å²) in [6, 6.07) is 10.6. The lowest BCUT2D eigenvalue weighted by Gasteiger charge is -2.27. The van der Waals surface area contributed by atoms with Gasteiger partial charge in [0.15, 0.2) is 0 Å². The second kappa shape index (κ2) is 11.0. The molecule has 1 aliphatic rings. The summed E-state index contributed by atoms with van der Waals surface area (Å²) in [5.41, 5.74) is 0.767. The number of halogens is 2. The number of hydrogen-bond donors (Lipinski definition) is 1. The molecule has 7 nitrogen and oxygen atoms in total. The van der Waals surface area contributed by atoms with E-state index in [1.807, 2.05) is 24.0 Å². The van der Waals surface area contributed by atoms with Gasteiger partial charge in [-0.1, -0.05) is 54.1 Å². The predicted octanol–water partition coefficient (Wildman–Crippen LogP) is 3.71. The van der Waals surface area contributed by atoms with Crippen LogP contribution in [0.2, 0.25) is 10.0 Å². The number of H-pyrrole nitrogens is 1. The van der Waals surface area contributed by atoms with Gasteiger partial charge in [0, 0.05) is 18.5 Å². The first-order chi connectivity index (χ1) is 16.9. The van der Waals surface area contributed by atoms with Gasteiger partial charge in [-0.25, -0.2) is 4.57 Å². The van der Waals surface area contributed by atoms with Crippen molar-refractivity contribution in [1.82, 2.24) is 9.88 Å². The molecule has 0 radical (unpaired) electrons. The minimum absolute atomic E-state index is 0.0927. The quantitative estimate of drug-likeness (QED) is 0.204. The molecule has 35 heavy (non-hydrogen) atoms. The Morgan fingerprint density at radius 2 is 1.91 bits per heavy atom. The van der Waals surface area contributed by atoms with Gasteiger partial charge in [-0.3, -0.25) is 14.6 Å². The highest BCUT2D eigenvalue weighted by atomic mass is 35.5. The molecule has 9 heteroatoms. The molecule has 0 aliphatic carbocycles. The van der Waals surface area contributed by atoms with Gasteiger partial charge < -0.3 is 14.7 Å². The molecule has 0 spiro atoms. The third-order valence-corrected chi connectivity index (χ3v) is 6.54. The minimum Gasteiger partial charge on any atom is -0.872 e. The molecule has 1 unspecified atom stereocenters. The zero-order valence-electron chi connectivity index (χ0n) is 19.2. The Balaban J connectivity index is 1.70. The van der Waals surface area contributed by atoms with Crippen LogP contribution in [0.15, 0.2) is 66.8 Å². The number of hydrogen-bond acceptors (Lipinski definition) is 4. The zero-order valence-corrected chi connectivity index (χ0v) is 20.7. The molecule has 1 aliphatic heterocycles. The molecule has 0 bridgehead atoms. The largest absolute Gasteiger partial charge is 0.872 e. The fourth-order valence-corrected chi connectivity index (χ4v) is 4.40. The number of Topliss-reactive ketones (excluding diaryl/α,β-unsaturated/α-hetero) is 1. The highest BCUT2D eigenvalue weighted by Crippen LogP contribution is 2.40. The summed E-state index contributed by atoms with van der Waals surface area (Å²) in [5.74, 6) is -1.37. The Morgan fingerprint density at radius 1 is 1.14 bits per heavy atom. The van der Waals surface area contributed by atoms with E-state index in [0.29, 0.717) is 41.5 Å². The number of aromatic amines is 1. The number of benzene rings is 2. The van der Waals surface area contributed by atoms with E-state index >= 15 is 0 Å².